The molecule has 2 aromatic rings. The topological polar surface area (TPSA) is 125 Å². The number of sulfone groups is 1. The number of benzene rings is 2. The average molecular weight is 529 g/mol. The maximum absolute atomic E-state index is 13.3. The molecule has 1 heterocycles. The number of anilines is 1. The van der Waals surface area contributed by atoms with E-state index in [1.807, 2.05) is 0 Å². The molecule has 1 aliphatic heterocycles. The van der Waals surface area contributed by atoms with Gasteiger partial charge in [-0.3, -0.25) is 25.3 Å². The summed E-state index contributed by atoms with van der Waals surface area (Å²) in [5.41, 5.74) is 4.04. The van der Waals surface area contributed by atoms with Crippen molar-refractivity contribution in [3.63, 3.8) is 0 Å². The van der Waals surface area contributed by atoms with Gasteiger partial charge in [-0.1, -0.05) is 12.1 Å². The van der Waals surface area contributed by atoms with Crippen molar-refractivity contribution in [1.82, 2.24) is 15.8 Å². The molecule has 2 N–H and O–H groups in total. The Balaban J connectivity index is 1.75. The van der Waals surface area contributed by atoms with Gasteiger partial charge >= 0.3 is 18.1 Å². The summed E-state index contributed by atoms with van der Waals surface area (Å²) in [5, 5.41) is 0. The molecule has 14 heteroatoms. The van der Waals surface area contributed by atoms with Crippen molar-refractivity contribution in [1.29, 1.82) is 0 Å². The number of hydrogen-bond acceptors (Lipinski definition) is 6. The van der Waals surface area contributed by atoms with Crippen LogP contribution in [0.25, 0.3) is 0 Å². The Kier molecular flexibility index (Phi) is 8.07. The van der Waals surface area contributed by atoms with E-state index in [9.17, 15) is 36.0 Å². The fourth-order valence-corrected chi connectivity index (χ4v) is 4.51. The molecule has 1 saturated heterocycles. The lowest BCUT2D eigenvalue weighted by Gasteiger charge is -2.33. The first-order chi connectivity index (χ1) is 16.9. The second kappa shape index (κ2) is 10.8. The number of hydrazine groups is 1. The highest BCUT2D eigenvalue weighted by molar-refractivity contribution is 7.91. The first-order valence-corrected chi connectivity index (χ1v) is 12.4. The molecule has 1 fully saturated rings. The average Bonchev–Trinajstić information content (AvgIpc) is 2.85. The van der Waals surface area contributed by atoms with Gasteiger partial charge in [0.2, 0.25) is 0 Å². The van der Waals surface area contributed by atoms with Gasteiger partial charge in [0.1, 0.15) is 5.75 Å². The largest absolute Gasteiger partial charge is 0.497 e. The van der Waals surface area contributed by atoms with Crippen LogP contribution in [0.2, 0.25) is 0 Å². The highest BCUT2D eigenvalue weighted by Crippen LogP contribution is 2.23. The first-order valence-electron chi connectivity index (χ1n) is 10.6. The minimum atomic E-state index is -5.15. The third kappa shape index (κ3) is 6.87. The second-order valence-electron chi connectivity index (χ2n) is 7.81. The van der Waals surface area contributed by atoms with E-state index in [0.717, 1.165) is 0 Å². The summed E-state index contributed by atoms with van der Waals surface area (Å²) in [4.78, 5) is 39.1. The Morgan fingerprint density at radius 2 is 1.56 bits per heavy atom. The van der Waals surface area contributed by atoms with E-state index < -0.39 is 33.9 Å². The summed E-state index contributed by atoms with van der Waals surface area (Å²) < 4.78 is 65.5. The molecule has 0 saturated carbocycles. The van der Waals surface area contributed by atoms with Gasteiger partial charge in [-0.2, -0.15) is 13.2 Å². The van der Waals surface area contributed by atoms with Crippen molar-refractivity contribution in [3.8, 4) is 5.75 Å². The molecule has 0 spiro atoms. The summed E-state index contributed by atoms with van der Waals surface area (Å²) in [7, 11) is -1.70. The number of rotatable bonds is 5. The highest BCUT2D eigenvalue weighted by atomic mass is 32.2. The van der Waals surface area contributed by atoms with Gasteiger partial charge in [-0.15, -0.1) is 0 Å². The number of amides is 4. The Morgan fingerprint density at radius 1 is 0.972 bits per heavy atom. The lowest BCUT2D eigenvalue weighted by atomic mass is 10.1. The minimum Gasteiger partial charge on any atom is -0.497 e. The Labute approximate surface area is 204 Å². The molecule has 36 heavy (non-hydrogen) atoms. The van der Waals surface area contributed by atoms with Crippen molar-refractivity contribution in [2.45, 2.75) is 12.7 Å². The molecule has 0 radical (unpaired) electrons. The number of ether oxygens (including phenoxy) is 1. The van der Waals surface area contributed by atoms with Crippen LogP contribution in [-0.4, -0.2) is 69.0 Å². The number of halogens is 3. The van der Waals surface area contributed by atoms with Crippen molar-refractivity contribution in [3.05, 3.63) is 59.7 Å². The van der Waals surface area contributed by atoms with Crippen LogP contribution in [-0.2, 0) is 21.2 Å². The summed E-state index contributed by atoms with van der Waals surface area (Å²) >= 11 is 0. The molecular weight excluding hydrogens is 505 g/mol. The lowest BCUT2D eigenvalue weighted by Crippen LogP contribution is -2.49. The number of nitrogens with one attached hydrogen (secondary N) is 2. The van der Waals surface area contributed by atoms with Gasteiger partial charge < -0.3 is 9.64 Å². The van der Waals surface area contributed by atoms with E-state index in [1.54, 1.807) is 29.7 Å². The number of hydrogen-bond donors (Lipinski definition) is 2. The van der Waals surface area contributed by atoms with E-state index in [0.29, 0.717) is 17.0 Å². The van der Waals surface area contributed by atoms with Crippen LogP contribution < -0.4 is 20.5 Å². The van der Waals surface area contributed by atoms with Crippen LogP contribution in [0.15, 0.2) is 48.5 Å². The fraction of sp³-hybridized carbons (Fsp3) is 0.318. The smallest absolute Gasteiger partial charge is 0.472 e. The minimum absolute atomic E-state index is 0.0233. The van der Waals surface area contributed by atoms with E-state index >= 15 is 0 Å². The zero-order chi connectivity index (χ0) is 26.5. The maximum atomic E-state index is 13.3. The Hall–Kier alpha value is -3.81. The van der Waals surface area contributed by atoms with Crippen molar-refractivity contribution < 1.29 is 40.7 Å². The quantitative estimate of drug-likeness (QED) is 0.571. The molecule has 194 valence electrons. The van der Waals surface area contributed by atoms with Gasteiger partial charge in [-0.05, 0) is 42.0 Å². The SMILES string of the molecule is COc1ccc(N(Cc2ccc(C(=O)NNC(=O)C(F)(F)F)cc2)C(=O)N2CCS(=O)(=O)CC2)cc1. The van der Waals surface area contributed by atoms with Crippen LogP contribution in [0.1, 0.15) is 15.9 Å². The van der Waals surface area contributed by atoms with Crippen molar-refractivity contribution in [2.75, 3.05) is 36.6 Å². The molecule has 4 amide bonds. The zero-order valence-electron chi connectivity index (χ0n) is 19.0. The Bertz CT molecular complexity index is 1200. The van der Waals surface area contributed by atoms with Crippen LogP contribution in [0.3, 0.4) is 0 Å². The Morgan fingerprint density at radius 3 is 2.08 bits per heavy atom. The molecule has 2 aromatic carbocycles. The molecule has 3 rings (SSSR count). The maximum Gasteiger partial charge on any atom is 0.472 e. The summed E-state index contributed by atoms with van der Waals surface area (Å²) in [6.07, 6.45) is -5.15. The number of methoxy groups -OCH3 is 1. The standard InChI is InChI=1S/C22H23F3N4O6S/c1-35-18-8-6-17(7-9-18)29(21(32)28-10-12-36(33,34)13-11-28)14-15-2-4-16(5-3-15)19(30)26-27-20(31)22(23,24)25/h2-9H,10-14H2,1H3,(H,26,30)(H,27,31). The molecular formula is C22H23F3N4O6S. The number of nitrogens with zero attached hydrogens (tertiary/aromatic N) is 2. The predicted octanol–water partition coefficient (Wildman–Crippen LogP) is 1.88. The zero-order valence-corrected chi connectivity index (χ0v) is 19.9. The molecule has 1 aliphatic rings. The second-order valence-corrected chi connectivity index (χ2v) is 10.1. The summed E-state index contributed by atoms with van der Waals surface area (Å²) in [6.45, 7) is 0.161. The molecule has 0 aromatic heterocycles. The number of carbonyl (C=O) groups excluding carboxylic acids is 3. The van der Waals surface area contributed by atoms with E-state index in [2.05, 4.69) is 0 Å². The highest BCUT2D eigenvalue weighted by Gasteiger charge is 2.39. The van der Waals surface area contributed by atoms with Crippen LogP contribution in [0.5, 0.6) is 5.75 Å². The summed E-state index contributed by atoms with van der Waals surface area (Å²) in [5.74, 6) is -2.97. The third-order valence-electron chi connectivity index (χ3n) is 5.33. The van der Waals surface area contributed by atoms with Gasteiger partial charge in [0.25, 0.3) is 5.91 Å². The van der Waals surface area contributed by atoms with Gasteiger partial charge in [0.05, 0.1) is 25.2 Å². The molecule has 0 bridgehead atoms. The first kappa shape index (κ1) is 26.8. The molecule has 0 unspecified atom stereocenters. The molecule has 0 aliphatic carbocycles. The molecule has 10 nitrogen and oxygen atoms in total. The van der Waals surface area contributed by atoms with E-state index in [1.165, 1.54) is 46.6 Å². The van der Waals surface area contributed by atoms with Gasteiger partial charge in [0, 0.05) is 24.3 Å². The monoisotopic (exact) mass is 528 g/mol. The summed E-state index contributed by atoms with van der Waals surface area (Å²) in [6, 6.07) is 11.9. The van der Waals surface area contributed by atoms with E-state index in [-0.39, 0.29) is 36.7 Å². The normalized spacial score (nSPS) is 15.1. The third-order valence-corrected chi connectivity index (χ3v) is 6.94. The van der Waals surface area contributed by atoms with Crippen molar-refractivity contribution >= 4 is 33.4 Å². The predicted molar refractivity (Wildman–Crippen MR) is 123 cm³/mol. The fourth-order valence-electron chi connectivity index (χ4n) is 3.31. The van der Waals surface area contributed by atoms with Gasteiger partial charge in [-0.25, -0.2) is 13.2 Å². The van der Waals surface area contributed by atoms with Gasteiger partial charge in [0.15, 0.2) is 9.84 Å². The number of carbonyl (C=O) groups is 3. The molecule has 0 atom stereocenters. The number of urea groups is 1. The van der Waals surface area contributed by atoms with Crippen LogP contribution >= 0.6 is 0 Å². The van der Waals surface area contributed by atoms with Crippen LogP contribution in [0.4, 0.5) is 23.7 Å². The lowest BCUT2D eigenvalue weighted by molar-refractivity contribution is -0.174. The van der Waals surface area contributed by atoms with Crippen LogP contribution in [0, 0.1) is 0 Å². The number of alkyl halides is 3. The van der Waals surface area contributed by atoms with E-state index in [4.69, 9.17) is 4.74 Å². The van der Waals surface area contributed by atoms with Crippen molar-refractivity contribution in [2.24, 2.45) is 0 Å².